The lowest BCUT2D eigenvalue weighted by Gasteiger charge is -2.20. The van der Waals surface area contributed by atoms with Crippen molar-refractivity contribution < 1.29 is 4.39 Å². The van der Waals surface area contributed by atoms with E-state index in [2.05, 4.69) is 21.2 Å². The van der Waals surface area contributed by atoms with Gasteiger partial charge in [0, 0.05) is 10.5 Å². The van der Waals surface area contributed by atoms with Gasteiger partial charge in [-0.1, -0.05) is 28.4 Å². The lowest BCUT2D eigenvalue weighted by molar-refractivity contribution is 0.363. The van der Waals surface area contributed by atoms with Crippen LogP contribution in [0.3, 0.4) is 0 Å². The van der Waals surface area contributed by atoms with E-state index in [4.69, 9.17) is 0 Å². The highest BCUT2D eigenvalue weighted by Gasteiger charge is 2.29. The predicted octanol–water partition coefficient (Wildman–Crippen LogP) is 4.30. The number of halogens is 2. The maximum absolute atomic E-state index is 13.1. The molecule has 0 spiro atoms. The van der Waals surface area contributed by atoms with Crippen molar-refractivity contribution in [3.8, 4) is 0 Å². The highest BCUT2D eigenvalue weighted by molar-refractivity contribution is 9.10. The van der Waals surface area contributed by atoms with Crippen LogP contribution in [-0.2, 0) is 6.42 Å². The van der Waals surface area contributed by atoms with Gasteiger partial charge in [0.15, 0.2) is 0 Å². The SMILES string of the molecule is Fc1ccc(CC2CCCC2CNC2CC2)c(Br)c1. The first-order chi connectivity index (χ1) is 9.22. The molecule has 2 saturated carbocycles. The second-order valence-electron chi connectivity index (χ2n) is 6.07. The van der Waals surface area contributed by atoms with Crippen LogP contribution in [0.2, 0.25) is 0 Å². The van der Waals surface area contributed by atoms with Crippen LogP contribution in [0, 0.1) is 17.7 Å². The minimum absolute atomic E-state index is 0.158. The highest BCUT2D eigenvalue weighted by Crippen LogP contribution is 2.36. The molecule has 0 radical (unpaired) electrons. The van der Waals surface area contributed by atoms with E-state index in [-0.39, 0.29) is 5.82 Å². The third-order valence-corrected chi connectivity index (χ3v) is 5.30. The Labute approximate surface area is 123 Å². The monoisotopic (exact) mass is 325 g/mol. The first-order valence-electron chi connectivity index (χ1n) is 7.39. The smallest absolute Gasteiger partial charge is 0.124 e. The van der Waals surface area contributed by atoms with E-state index in [1.807, 2.05) is 6.07 Å². The normalized spacial score (nSPS) is 26.8. The van der Waals surface area contributed by atoms with Gasteiger partial charge in [-0.25, -0.2) is 4.39 Å². The molecule has 3 rings (SSSR count). The first kappa shape index (κ1) is 13.6. The number of hydrogen-bond acceptors (Lipinski definition) is 1. The van der Waals surface area contributed by atoms with Crippen LogP contribution < -0.4 is 5.32 Å². The van der Waals surface area contributed by atoms with Crippen LogP contribution in [-0.4, -0.2) is 12.6 Å². The summed E-state index contributed by atoms with van der Waals surface area (Å²) < 4.78 is 14.0. The molecular formula is C16H21BrFN. The summed E-state index contributed by atoms with van der Waals surface area (Å²) in [6, 6.07) is 5.90. The number of nitrogens with one attached hydrogen (secondary N) is 1. The topological polar surface area (TPSA) is 12.0 Å². The van der Waals surface area contributed by atoms with Crippen molar-refractivity contribution >= 4 is 15.9 Å². The summed E-state index contributed by atoms with van der Waals surface area (Å²) >= 11 is 3.49. The van der Waals surface area contributed by atoms with E-state index in [9.17, 15) is 4.39 Å². The van der Waals surface area contributed by atoms with Gasteiger partial charge in [-0.05, 0) is 68.2 Å². The van der Waals surface area contributed by atoms with Crippen LogP contribution in [0.1, 0.15) is 37.7 Å². The molecular weight excluding hydrogens is 305 g/mol. The van der Waals surface area contributed by atoms with Crippen molar-refractivity contribution in [3.63, 3.8) is 0 Å². The van der Waals surface area contributed by atoms with Crippen molar-refractivity contribution in [3.05, 3.63) is 34.1 Å². The third-order valence-electron chi connectivity index (χ3n) is 4.56. The van der Waals surface area contributed by atoms with E-state index in [1.54, 1.807) is 12.1 Å². The molecule has 2 aliphatic carbocycles. The molecule has 2 fully saturated rings. The largest absolute Gasteiger partial charge is 0.314 e. The molecule has 2 aliphatic rings. The van der Waals surface area contributed by atoms with Gasteiger partial charge < -0.3 is 5.32 Å². The minimum atomic E-state index is -0.158. The van der Waals surface area contributed by atoms with Crippen molar-refractivity contribution in [2.24, 2.45) is 11.8 Å². The van der Waals surface area contributed by atoms with Crippen molar-refractivity contribution in [2.75, 3.05) is 6.54 Å². The van der Waals surface area contributed by atoms with Gasteiger partial charge >= 0.3 is 0 Å². The fourth-order valence-corrected chi connectivity index (χ4v) is 3.74. The lowest BCUT2D eigenvalue weighted by Crippen LogP contribution is -2.27. The fourth-order valence-electron chi connectivity index (χ4n) is 3.23. The second kappa shape index (κ2) is 5.92. The first-order valence-corrected chi connectivity index (χ1v) is 8.19. The van der Waals surface area contributed by atoms with E-state index >= 15 is 0 Å². The van der Waals surface area contributed by atoms with Gasteiger partial charge in [0.25, 0.3) is 0 Å². The molecule has 104 valence electrons. The van der Waals surface area contributed by atoms with Crippen molar-refractivity contribution in [2.45, 2.75) is 44.6 Å². The summed E-state index contributed by atoms with van der Waals surface area (Å²) in [5.41, 5.74) is 1.25. The molecule has 2 unspecified atom stereocenters. The van der Waals surface area contributed by atoms with E-state index in [1.165, 1.54) is 44.2 Å². The molecule has 0 aromatic heterocycles. The van der Waals surface area contributed by atoms with E-state index < -0.39 is 0 Å². The van der Waals surface area contributed by atoms with Crippen LogP contribution in [0.4, 0.5) is 4.39 Å². The molecule has 0 aliphatic heterocycles. The van der Waals surface area contributed by atoms with Crippen LogP contribution in [0.25, 0.3) is 0 Å². The minimum Gasteiger partial charge on any atom is -0.314 e. The summed E-state index contributed by atoms with van der Waals surface area (Å²) in [6.07, 6.45) is 7.82. The van der Waals surface area contributed by atoms with Gasteiger partial charge in [0.2, 0.25) is 0 Å². The van der Waals surface area contributed by atoms with Gasteiger partial charge in [-0.3, -0.25) is 0 Å². The van der Waals surface area contributed by atoms with Gasteiger partial charge in [-0.2, -0.15) is 0 Å². The summed E-state index contributed by atoms with van der Waals surface area (Å²) in [5, 5.41) is 3.67. The molecule has 19 heavy (non-hydrogen) atoms. The molecule has 1 aromatic carbocycles. The fraction of sp³-hybridized carbons (Fsp3) is 0.625. The van der Waals surface area contributed by atoms with Crippen molar-refractivity contribution in [1.82, 2.24) is 5.32 Å². The molecule has 0 saturated heterocycles. The Morgan fingerprint density at radius 1 is 1.16 bits per heavy atom. The standard InChI is InChI=1S/C16H21BrFN/c17-16-9-14(18)5-4-12(16)8-11-2-1-3-13(11)10-19-15-6-7-15/h4-5,9,11,13,15,19H,1-3,6-8,10H2. The number of hydrogen-bond donors (Lipinski definition) is 1. The molecule has 1 N–H and O–H groups in total. The molecule has 1 aromatic rings. The zero-order valence-corrected chi connectivity index (χ0v) is 12.8. The molecule has 0 bridgehead atoms. The molecule has 0 amide bonds. The average Bonchev–Trinajstić information content (AvgIpc) is 3.11. The highest BCUT2D eigenvalue weighted by atomic mass is 79.9. The summed E-state index contributed by atoms with van der Waals surface area (Å²) in [5.74, 6) is 1.40. The quantitative estimate of drug-likeness (QED) is 0.851. The summed E-state index contributed by atoms with van der Waals surface area (Å²) in [7, 11) is 0. The third kappa shape index (κ3) is 3.57. The maximum atomic E-state index is 13.1. The number of rotatable bonds is 5. The average molecular weight is 326 g/mol. The Morgan fingerprint density at radius 3 is 2.68 bits per heavy atom. The van der Waals surface area contributed by atoms with Crippen LogP contribution >= 0.6 is 15.9 Å². The summed E-state index contributed by atoms with van der Waals surface area (Å²) in [4.78, 5) is 0. The molecule has 2 atom stereocenters. The second-order valence-corrected chi connectivity index (χ2v) is 6.93. The zero-order chi connectivity index (χ0) is 13.2. The maximum Gasteiger partial charge on any atom is 0.124 e. The Balaban J connectivity index is 1.60. The summed E-state index contributed by atoms with van der Waals surface area (Å²) in [6.45, 7) is 1.17. The molecule has 1 nitrogen and oxygen atoms in total. The Kier molecular flexibility index (Phi) is 4.23. The Bertz CT molecular complexity index is 444. The lowest BCUT2D eigenvalue weighted by atomic mass is 9.89. The predicted molar refractivity (Wildman–Crippen MR) is 79.7 cm³/mol. The van der Waals surface area contributed by atoms with Gasteiger partial charge in [-0.15, -0.1) is 0 Å². The van der Waals surface area contributed by atoms with Crippen molar-refractivity contribution in [1.29, 1.82) is 0 Å². The van der Waals surface area contributed by atoms with Crippen LogP contribution in [0.15, 0.2) is 22.7 Å². The zero-order valence-electron chi connectivity index (χ0n) is 11.2. The Hall–Kier alpha value is -0.410. The van der Waals surface area contributed by atoms with Gasteiger partial charge in [0.1, 0.15) is 5.82 Å². The van der Waals surface area contributed by atoms with E-state index in [0.29, 0.717) is 0 Å². The Morgan fingerprint density at radius 2 is 1.95 bits per heavy atom. The van der Waals surface area contributed by atoms with E-state index in [0.717, 1.165) is 28.8 Å². The molecule has 3 heteroatoms. The number of benzene rings is 1. The van der Waals surface area contributed by atoms with Crippen LogP contribution in [0.5, 0.6) is 0 Å². The molecule has 0 heterocycles. The van der Waals surface area contributed by atoms with Gasteiger partial charge in [0.05, 0.1) is 0 Å².